The van der Waals surface area contributed by atoms with E-state index in [0.29, 0.717) is 22.2 Å². The van der Waals surface area contributed by atoms with Gasteiger partial charge in [0.2, 0.25) is 11.8 Å². The van der Waals surface area contributed by atoms with Gasteiger partial charge in [0.05, 0.1) is 30.5 Å². The zero-order valence-corrected chi connectivity index (χ0v) is 31.9. The van der Waals surface area contributed by atoms with Crippen molar-refractivity contribution in [2.45, 2.75) is 56.5 Å². The predicted molar refractivity (Wildman–Crippen MR) is 208 cm³/mol. The van der Waals surface area contributed by atoms with Crippen LogP contribution in [0.3, 0.4) is 0 Å². The van der Waals surface area contributed by atoms with Gasteiger partial charge in [0.1, 0.15) is 24.4 Å². The number of aliphatic hydroxyl groups is 1. The summed E-state index contributed by atoms with van der Waals surface area (Å²) in [6.45, 7) is 5.34. The summed E-state index contributed by atoms with van der Waals surface area (Å²) in [5.74, 6) is -3.92. The monoisotopic (exact) mass is 796 g/mol. The zero-order chi connectivity index (χ0) is 38.0. The quantitative estimate of drug-likeness (QED) is 0.235. The van der Waals surface area contributed by atoms with Crippen LogP contribution in [0.2, 0.25) is 0 Å². The van der Waals surface area contributed by atoms with Gasteiger partial charge in [-0.05, 0) is 61.7 Å². The second-order valence-electron chi connectivity index (χ2n) is 14.0. The molecule has 3 aromatic carbocycles. The second-order valence-corrected chi connectivity index (χ2v) is 14.9. The molecule has 2 saturated heterocycles. The molecule has 4 aliphatic rings. The van der Waals surface area contributed by atoms with Crippen LogP contribution in [-0.4, -0.2) is 84.3 Å². The van der Waals surface area contributed by atoms with Crippen LogP contribution in [0.15, 0.2) is 108 Å². The number of nitrogens with one attached hydrogen (secondary N) is 1. The molecule has 7 atom stereocenters. The minimum atomic E-state index is -1.53. The van der Waals surface area contributed by atoms with Crippen LogP contribution < -0.4 is 15.1 Å². The van der Waals surface area contributed by atoms with Crippen molar-refractivity contribution < 1.29 is 33.8 Å². The lowest BCUT2D eigenvalue weighted by molar-refractivity contribution is -0.146. The Bertz CT molecular complexity index is 1920. The molecule has 0 aliphatic carbocycles. The Hall–Kier alpha value is -4.78. The van der Waals surface area contributed by atoms with Gasteiger partial charge in [-0.15, -0.1) is 0 Å². The number of cyclic esters (lactones) is 1. The summed E-state index contributed by atoms with van der Waals surface area (Å²) in [6, 6.07) is 23.1. The SMILES string of the molecule is CCN(CC)c1ccc(N2C/C=C\CCC(=O)OC[C@@H](c3ccccc3)NC(=O)[C@@H]3[C@H]4O[C@@]5(C=C4Br)[C@H](C2=O)N([C@H](CO)c2ccccc2)C(=O)[C@@H]35)cc1. The number of amides is 3. The third-order valence-electron chi connectivity index (χ3n) is 11.0. The van der Waals surface area contributed by atoms with Crippen molar-refractivity contribution in [3.63, 3.8) is 0 Å². The number of ether oxygens (including phenoxy) is 2. The topological polar surface area (TPSA) is 129 Å². The minimum Gasteiger partial charge on any atom is -0.463 e. The number of likely N-dealkylation sites (tertiary alicyclic amines) is 1. The molecule has 3 amide bonds. The number of benzene rings is 3. The molecule has 2 fully saturated rings. The van der Waals surface area contributed by atoms with Crippen LogP contribution in [0, 0.1) is 11.8 Å². The number of carbonyl (C=O) groups excluding carboxylic acids is 4. The van der Waals surface area contributed by atoms with Crippen LogP contribution in [0.5, 0.6) is 0 Å². The summed E-state index contributed by atoms with van der Waals surface area (Å²) in [5.41, 5.74) is 1.44. The lowest BCUT2D eigenvalue weighted by Crippen LogP contribution is -2.57. The highest BCUT2D eigenvalue weighted by Gasteiger charge is 2.75. The number of nitrogens with zero attached hydrogens (tertiary/aromatic N) is 3. The average Bonchev–Trinajstić information content (AvgIpc) is 3.79. The molecule has 12 heteroatoms. The number of anilines is 2. The summed E-state index contributed by atoms with van der Waals surface area (Å²) < 4.78 is 13.0. The number of allylic oxidation sites excluding steroid dienone is 1. The Morgan fingerprint density at radius 1 is 0.926 bits per heavy atom. The smallest absolute Gasteiger partial charge is 0.306 e. The number of halogens is 1. The number of hydrogen-bond donors (Lipinski definition) is 2. The Kier molecular flexibility index (Phi) is 11.1. The number of rotatable bonds is 8. The van der Waals surface area contributed by atoms with Gasteiger partial charge < -0.3 is 34.6 Å². The third-order valence-corrected chi connectivity index (χ3v) is 11.7. The predicted octanol–water partition coefficient (Wildman–Crippen LogP) is 5.22. The van der Waals surface area contributed by atoms with E-state index in [1.54, 1.807) is 11.0 Å². The number of aliphatic hydroxyl groups excluding tert-OH is 1. The highest BCUT2D eigenvalue weighted by Crippen LogP contribution is 2.60. The lowest BCUT2D eigenvalue weighted by Gasteiger charge is -2.39. The normalized spacial score (nSPS) is 28.3. The molecule has 4 heterocycles. The summed E-state index contributed by atoms with van der Waals surface area (Å²) in [7, 11) is 0. The van der Waals surface area contributed by atoms with Crippen LogP contribution >= 0.6 is 15.9 Å². The van der Waals surface area contributed by atoms with Crippen molar-refractivity contribution in [1.29, 1.82) is 0 Å². The van der Waals surface area contributed by atoms with Crippen molar-refractivity contribution in [3.05, 3.63) is 119 Å². The Balaban J connectivity index is 1.36. The fraction of sp³-hybridized carbons (Fsp3) is 0.381. The van der Waals surface area contributed by atoms with Crippen LogP contribution in [0.1, 0.15) is 49.9 Å². The maximum absolute atomic E-state index is 15.4. The van der Waals surface area contributed by atoms with Crippen LogP contribution in [0.25, 0.3) is 0 Å². The minimum absolute atomic E-state index is 0.109. The maximum Gasteiger partial charge on any atom is 0.306 e. The molecule has 7 rings (SSSR count). The Labute approximate surface area is 323 Å². The molecule has 0 aromatic heterocycles. The van der Waals surface area contributed by atoms with Gasteiger partial charge in [-0.25, -0.2) is 0 Å². The number of fused-ring (bicyclic) bond motifs is 2. The average molecular weight is 798 g/mol. The van der Waals surface area contributed by atoms with Gasteiger partial charge in [-0.2, -0.15) is 0 Å². The fourth-order valence-electron chi connectivity index (χ4n) is 8.42. The molecule has 0 unspecified atom stereocenters. The third kappa shape index (κ3) is 6.75. The summed E-state index contributed by atoms with van der Waals surface area (Å²) in [5, 5.41) is 14.0. The maximum atomic E-state index is 15.4. The molecule has 0 radical (unpaired) electrons. The standard InChI is InChI=1S/C42H45BrN4O7/c1-3-45(4-2)29-19-21-30(22-20-29)46-23-13-7-12-18-34(49)53-26-32(27-14-8-5-9-15-27)44-39(50)35-36-40(51)47(33(25-48)28-16-10-6-11-17-28)38(41(46)52)42(36)24-31(43)37(35)54-42/h5-11,13-17,19-22,24,32-33,35-38,48H,3-4,12,18,23,25-26H2,1-2H3,(H,44,50)/b13-7-/t32-,33+,35-,36+,37-,38-,42+/m0/s1. The van der Waals surface area contributed by atoms with Crippen molar-refractivity contribution >= 4 is 51.0 Å². The van der Waals surface area contributed by atoms with Crippen molar-refractivity contribution in [2.75, 3.05) is 42.6 Å². The second kappa shape index (κ2) is 15.9. The van der Waals surface area contributed by atoms with Gasteiger partial charge in [0.15, 0.2) is 0 Å². The number of hydrogen-bond acceptors (Lipinski definition) is 8. The first-order chi connectivity index (χ1) is 26.2. The van der Waals surface area contributed by atoms with Crippen LogP contribution in [-0.2, 0) is 28.7 Å². The van der Waals surface area contributed by atoms with E-state index < -0.39 is 72.0 Å². The first kappa shape index (κ1) is 37.5. The molecule has 11 nitrogen and oxygen atoms in total. The van der Waals surface area contributed by atoms with Gasteiger partial charge >= 0.3 is 5.97 Å². The van der Waals surface area contributed by atoms with Gasteiger partial charge in [0.25, 0.3) is 5.91 Å². The zero-order valence-electron chi connectivity index (χ0n) is 30.3. The van der Waals surface area contributed by atoms with E-state index in [-0.39, 0.29) is 19.6 Å². The van der Waals surface area contributed by atoms with E-state index in [1.165, 1.54) is 4.90 Å². The van der Waals surface area contributed by atoms with E-state index >= 15 is 9.59 Å². The molecular weight excluding hydrogens is 752 g/mol. The number of esters is 1. The molecule has 1 spiro atoms. The molecule has 54 heavy (non-hydrogen) atoms. The first-order valence-electron chi connectivity index (χ1n) is 18.6. The Morgan fingerprint density at radius 2 is 1.61 bits per heavy atom. The van der Waals surface area contributed by atoms with Gasteiger partial charge in [0, 0.05) is 41.9 Å². The fourth-order valence-corrected chi connectivity index (χ4v) is 9.16. The lowest BCUT2D eigenvalue weighted by atomic mass is 9.74. The molecule has 2 N–H and O–H groups in total. The van der Waals surface area contributed by atoms with Crippen molar-refractivity contribution in [2.24, 2.45) is 11.8 Å². The van der Waals surface area contributed by atoms with Crippen LogP contribution in [0.4, 0.5) is 11.4 Å². The Morgan fingerprint density at radius 3 is 2.28 bits per heavy atom. The van der Waals surface area contributed by atoms with E-state index in [1.807, 2.05) is 97.1 Å². The van der Waals surface area contributed by atoms with Gasteiger partial charge in [-0.3, -0.25) is 19.2 Å². The summed E-state index contributed by atoms with van der Waals surface area (Å²) >= 11 is 3.65. The molecule has 3 aromatic rings. The molecule has 282 valence electrons. The number of carbonyl (C=O) groups is 4. The summed E-state index contributed by atoms with van der Waals surface area (Å²) in [6.07, 6.45) is 5.07. The van der Waals surface area contributed by atoms with E-state index in [4.69, 9.17) is 9.47 Å². The molecule has 0 saturated carbocycles. The van der Waals surface area contributed by atoms with Gasteiger partial charge in [-0.1, -0.05) is 88.7 Å². The molecule has 4 aliphatic heterocycles. The van der Waals surface area contributed by atoms with E-state index in [2.05, 4.69) is 40.0 Å². The molecular formula is C42H45BrN4O7. The highest BCUT2D eigenvalue weighted by molar-refractivity contribution is 9.11. The molecule has 5 bridgehead atoms. The first-order valence-corrected chi connectivity index (χ1v) is 19.4. The highest BCUT2D eigenvalue weighted by atomic mass is 79.9. The largest absolute Gasteiger partial charge is 0.463 e. The van der Waals surface area contributed by atoms with Crippen molar-refractivity contribution in [1.82, 2.24) is 10.2 Å². The van der Waals surface area contributed by atoms with E-state index in [0.717, 1.165) is 24.3 Å². The van der Waals surface area contributed by atoms with Crippen molar-refractivity contribution in [3.8, 4) is 0 Å². The summed E-state index contributed by atoms with van der Waals surface area (Å²) in [4.78, 5) is 63.2. The van der Waals surface area contributed by atoms with E-state index in [9.17, 15) is 14.7 Å².